The molecule has 126 valence electrons. The zero-order valence-corrected chi connectivity index (χ0v) is 15.5. The first kappa shape index (κ1) is 17.9. The molecule has 2 aromatic rings. The summed E-state index contributed by atoms with van der Waals surface area (Å²) in [7, 11) is -0.812. The van der Waals surface area contributed by atoms with Crippen molar-refractivity contribution in [3.63, 3.8) is 0 Å². The monoisotopic (exact) mass is 335 g/mol. The molecule has 1 heterocycles. The lowest BCUT2D eigenvalue weighted by Gasteiger charge is -2.28. The second-order valence-electron chi connectivity index (χ2n) is 5.31. The topological polar surface area (TPSA) is 36.5 Å². The maximum absolute atomic E-state index is 5.99. The minimum Gasteiger partial charge on any atom is -0.370 e. The molecule has 5 nitrogen and oxygen atoms in total. The summed E-state index contributed by atoms with van der Waals surface area (Å²) >= 11 is 0. The van der Waals surface area contributed by atoms with Crippen LogP contribution in [0.25, 0.3) is 0 Å². The van der Waals surface area contributed by atoms with Crippen LogP contribution in [0.2, 0.25) is 0 Å². The van der Waals surface area contributed by atoms with E-state index in [4.69, 9.17) is 13.3 Å². The van der Waals surface area contributed by atoms with E-state index in [1.165, 1.54) is 5.56 Å². The van der Waals surface area contributed by atoms with Crippen LogP contribution >= 0.6 is 0 Å². The fourth-order valence-corrected chi connectivity index (χ4v) is 5.16. The van der Waals surface area contributed by atoms with E-state index in [0.717, 1.165) is 11.7 Å². The lowest BCUT2D eigenvalue weighted by Crippen LogP contribution is -2.57. The second-order valence-corrected chi connectivity index (χ2v) is 7.86. The van der Waals surface area contributed by atoms with E-state index in [9.17, 15) is 0 Å². The van der Waals surface area contributed by atoms with E-state index in [-0.39, 0.29) is 0 Å². The number of aryl methyl sites for hydroxylation is 1. The van der Waals surface area contributed by atoms with Crippen LogP contribution in [0.1, 0.15) is 26.3 Å². The van der Waals surface area contributed by atoms with Gasteiger partial charge in [0.1, 0.15) is 18.9 Å². The Kier molecular flexibility index (Phi) is 6.53. The molecule has 1 aromatic heterocycles. The van der Waals surface area contributed by atoms with Crippen molar-refractivity contribution in [2.24, 2.45) is 7.05 Å². The van der Waals surface area contributed by atoms with E-state index < -0.39 is 8.80 Å². The van der Waals surface area contributed by atoms with E-state index in [1.807, 2.05) is 50.7 Å². The van der Waals surface area contributed by atoms with Gasteiger partial charge in [-0.15, -0.1) is 0 Å². The summed E-state index contributed by atoms with van der Waals surface area (Å²) in [6.07, 6.45) is 6.15. The minimum absolute atomic E-state index is 0.573. The van der Waals surface area contributed by atoms with Gasteiger partial charge in [0.25, 0.3) is 0 Å². The molecular formula is C17H27N2O3Si+. The molecule has 0 aliphatic carbocycles. The van der Waals surface area contributed by atoms with Gasteiger partial charge in [0, 0.05) is 25.0 Å². The van der Waals surface area contributed by atoms with Crippen molar-refractivity contribution >= 4 is 14.0 Å². The fraction of sp³-hybridized carbons (Fsp3) is 0.471. The van der Waals surface area contributed by atoms with Gasteiger partial charge < -0.3 is 13.3 Å². The van der Waals surface area contributed by atoms with Gasteiger partial charge in [-0.2, -0.15) is 0 Å². The number of rotatable bonds is 9. The van der Waals surface area contributed by atoms with Gasteiger partial charge in [0.05, 0.1) is 7.05 Å². The van der Waals surface area contributed by atoms with Crippen LogP contribution < -0.4 is 9.75 Å². The van der Waals surface area contributed by atoms with Gasteiger partial charge in [-0.1, -0.05) is 18.2 Å². The van der Waals surface area contributed by atoms with Crippen LogP contribution in [0.15, 0.2) is 43.0 Å². The quantitative estimate of drug-likeness (QED) is 0.516. The van der Waals surface area contributed by atoms with Gasteiger partial charge >= 0.3 is 8.80 Å². The molecule has 0 saturated carbocycles. The predicted molar refractivity (Wildman–Crippen MR) is 91.4 cm³/mol. The molecule has 0 aliphatic heterocycles. The summed E-state index contributed by atoms with van der Waals surface area (Å²) in [5, 5.41) is 1.03. The van der Waals surface area contributed by atoms with Crippen LogP contribution in [-0.2, 0) is 26.9 Å². The van der Waals surface area contributed by atoms with Crippen molar-refractivity contribution in [3.8, 4) is 0 Å². The van der Waals surface area contributed by atoms with Crippen LogP contribution in [0.3, 0.4) is 0 Å². The SMILES string of the molecule is CCO[Si](OCC)(OCC)c1cccc(Cn2cc[n+](C)c2)c1. The zero-order chi connectivity index (χ0) is 16.7. The smallest absolute Gasteiger partial charge is 0.370 e. The van der Waals surface area contributed by atoms with Crippen molar-refractivity contribution in [2.45, 2.75) is 27.3 Å². The Bertz CT molecular complexity index is 598. The van der Waals surface area contributed by atoms with Crippen molar-refractivity contribution in [1.29, 1.82) is 0 Å². The molecule has 0 spiro atoms. The highest BCUT2D eigenvalue weighted by Gasteiger charge is 2.43. The second kappa shape index (κ2) is 8.40. The Hall–Kier alpha value is -1.47. The summed E-state index contributed by atoms with van der Waals surface area (Å²) in [6.45, 7) is 8.46. The van der Waals surface area contributed by atoms with E-state index >= 15 is 0 Å². The number of hydrogen-bond donors (Lipinski definition) is 0. The first-order chi connectivity index (χ1) is 11.1. The fourth-order valence-electron chi connectivity index (χ4n) is 2.61. The Balaban J connectivity index is 2.30. The third-order valence-electron chi connectivity index (χ3n) is 3.47. The van der Waals surface area contributed by atoms with Gasteiger partial charge in [-0.05, 0) is 32.4 Å². The van der Waals surface area contributed by atoms with E-state index in [1.54, 1.807) is 0 Å². The highest BCUT2D eigenvalue weighted by Crippen LogP contribution is 2.13. The molecule has 0 unspecified atom stereocenters. The maximum Gasteiger partial charge on any atom is 0.537 e. The van der Waals surface area contributed by atoms with Crippen LogP contribution in [0.4, 0.5) is 0 Å². The molecular weight excluding hydrogens is 308 g/mol. The number of imidazole rings is 1. The zero-order valence-electron chi connectivity index (χ0n) is 14.5. The third-order valence-corrected chi connectivity index (χ3v) is 6.50. The third kappa shape index (κ3) is 4.51. The molecule has 0 bridgehead atoms. The first-order valence-corrected chi connectivity index (χ1v) is 9.88. The Labute approximate surface area is 139 Å². The average Bonchev–Trinajstić information content (AvgIpc) is 2.93. The van der Waals surface area contributed by atoms with Crippen LogP contribution in [0.5, 0.6) is 0 Å². The van der Waals surface area contributed by atoms with Gasteiger partial charge in [0.2, 0.25) is 6.33 Å². The van der Waals surface area contributed by atoms with E-state index in [0.29, 0.717) is 19.8 Å². The first-order valence-electron chi connectivity index (χ1n) is 8.15. The lowest BCUT2D eigenvalue weighted by molar-refractivity contribution is -0.671. The largest absolute Gasteiger partial charge is 0.537 e. The summed E-state index contributed by atoms with van der Waals surface area (Å²) in [6, 6.07) is 8.36. The van der Waals surface area contributed by atoms with Gasteiger partial charge in [0.15, 0.2) is 0 Å². The number of nitrogens with zero attached hydrogens (tertiary/aromatic N) is 2. The molecule has 0 aliphatic rings. The standard InChI is InChI=1S/C17H27N2O3Si/c1-5-20-23(21-6-2,22-7-3)17-10-8-9-16(13-17)14-19-12-11-18(4)15-19/h8-13,15H,5-7,14H2,1-4H3/q+1. The molecule has 0 N–H and O–H groups in total. The normalized spacial score (nSPS) is 11.8. The van der Waals surface area contributed by atoms with Crippen LogP contribution in [-0.4, -0.2) is 33.2 Å². The number of hydrogen-bond acceptors (Lipinski definition) is 3. The average molecular weight is 336 g/mol. The summed E-state index contributed by atoms with van der Waals surface area (Å²) in [4.78, 5) is 0. The molecule has 1 aromatic carbocycles. The van der Waals surface area contributed by atoms with Crippen molar-refractivity contribution in [3.05, 3.63) is 48.5 Å². The Morgan fingerprint density at radius 2 is 1.70 bits per heavy atom. The van der Waals surface area contributed by atoms with Gasteiger partial charge in [-0.3, -0.25) is 0 Å². The van der Waals surface area contributed by atoms with Crippen LogP contribution in [0, 0.1) is 0 Å². The number of aromatic nitrogens is 2. The Morgan fingerprint density at radius 1 is 1.04 bits per heavy atom. The maximum atomic E-state index is 5.99. The molecule has 0 fully saturated rings. The molecule has 23 heavy (non-hydrogen) atoms. The molecule has 0 amide bonds. The molecule has 2 rings (SSSR count). The summed E-state index contributed by atoms with van der Waals surface area (Å²) in [5.41, 5.74) is 1.20. The highest BCUT2D eigenvalue weighted by atomic mass is 28.4. The minimum atomic E-state index is -2.83. The highest BCUT2D eigenvalue weighted by molar-refractivity contribution is 6.75. The van der Waals surface area contributed by atoms with Crippen molar-refractivity contribution < 1.29 is 17.8 Å². The molecule has 0 saturated heterocycles. The molecule has 0 radical (unpaired) electrons. The van der Waals surface area contributed by atoms with Crippen molar-refractivity contribution in [1.82, 2.24) is 4.57 Å². The molecule has 6 heteroatoms. The number of benzene rings is 1. The Morgan fingerprint density at radius 3 is 2.22 bits per heavy atom. The van der Waals surface area contributed by atoms with Crippen molar-refractivity contribution in [2.75, 3.05) is 19.8 Å². The predicted octanol–water partition coefficient (Wildman–Crippen LogP) is 1.62. The lowest BCUT2D eigenvalue weighted by atomic mass is 10.2. The van der Waals surface area contributed by atoms with E-state index in [2.05, 4.69) is 29.2 Å². The van der Waals surface area contributed by atoms with Gasteiger partial charge in [-0.25, -0.2) is 9.13 Å². The summed E-state index contributed by atoms with van der Waals surface area (Å²) in [5.74, 6) is 0. The molecule has 0 atom stereocenters. The summed E-state index contributed by atoms with van der Waals surface area (Å²) < 4.78 is 22.1.